The van der Waals surface area contributed by atoms with Gasteiger partial charge in [0.1, 0.15) is 94.1 Å². The molecule has 0 amide bonds. The maximum Gasteiger partial charge on any atom is 0.201 e. The second-order valence-electron chi connectivity index (χ2n) is 31.5. The van der Waals surface area contributed by atoms with Crippen molar-refractivity contribution in [2.24, 2.45) is 0 Å². The number of ether oxygens (including phenoxy) is 2. The average molecular weight is 1760 g/mol. The normalized spacial score (nSPS) is 11.1. The summed E-state index contributed by atoms with van der Waals surface area (Å²) < 4.78 is 44.4. The third-order valence-corrected chi connectivity index (χ3v) is 23.5. The van der Waals surface area contributed by atoms with Crippen LogP contribution in [0.15, 0.2) is 457 Å². The van der Waals surface area contributed by atoms with Crippen molar-refractivity contribution in [1.29, 1.82) is 0 Å². The van der Waals surface area contributed by atoms with Gasteiger partial charge in [0.25, 0.3) is 0 Å². The molecule has 0 saturated carbocycles. The molecule has 0 aliphatic rings. The Hall–Kier alpha value is -18.4. The van der Waals surface area contributed by atoms with Crippen molar-refractivity contribution in [2.45, 2.75) is 0 Å². The summed E-state index contributed by atoms with van der Waals surface area (Å²) in [7, 11) is 3.22. The van der Waals surface area contributed by atoms with Crippen molar-refractivity contribution in [3.05, 3.63) is 463 Å². The standard InChI is InChI=1S/2C20H14O3.C19H12O4.2C19H12O3.C19H12O2/c1-22-15-7-4-6-14(11-15)17-12-23-18-10-9-13-5-2-3-8-16(13)19(18)20(17)21;1-22-15-9-6-14(7-10-15)17-12-23-18-11-8-13-4-2-3-5-16(13)19(18)20(17)21;20-15-7-5-12(9-16(15)21)14-10-23-17-8-6-11-3-1-2-4-13(11)18(17)19(14)22;20-14-6-3-5-13(10-14)16-11-22-17-9-8-12-4-1-2-7-15(12)18(17)19(16)21;20-14-8-5-13(6-9-14)16-11-22-17-10-7-12-3-1-2-4-15(12)18(17)19(16)21;20-19-16(13-6-2-1-3-7-13)12-21-17-11-10-14-8-4-5-9-15(14)18(17)19/h2*2-12H,1H3;1-10,20-21H;2*1-11,20H;1-12H. The molecule has 4 N–H and O–H groups in total. The maximum absolute atomic E-state index is 13.0. The van der Waals surface area contributed by atoms with Crippen LogP contribution in [-0.2, 0) is 0 Å². The van der Waals surface area contributed by atoms with E-state index in [-0.39, 0.29) is 55.6 Å². The van der Waals surface area contributed by atoms with Crippen molar-refractivity contribution in [3.63, 3.8) is 0 Å². The predicted octanol–water partition coefficient (Wildman–Crippen LogP) is 26.5. The highest BCUT2D eigenvalue weighted by atomic mass is 16.5. The SMILES string of the molecule is COc1ccc(-c2coc3ccc4ccccc4c3c2=O)cc1.COc1cccc(-c2coc3ccc4ccccc4c3c2=O)c1.O=c1c(-c2ccc(O)c(O)c2)coc2ccc3ccccc3c12.O=c1c(-c2ccc(O)cc2)coc2ccc3ccccc3c12.O=c1c(-c2cccc(O)c2)coc2ccc3ccccc3c12.O=c1c(-c2ccccc2)coc2ccc3ccccc3c12. The van der Waals surface area contributed by atoms with Gasteiger partial charge in [0, 0.05) is 0 Å². The van der Waals surface area contributed by atoms with Crippen molar-refractivity contribution >= 4 is 130 Å². The molecule has 6 aromatic heterocycles. The Balaban J connectivity index is 0.000000103. The Morgan fingerprint density at radius 3 is 0.754 bits per heavy atom. The van der Waals surface area contributed by atoms with Crippen LogP contribution in [0, 0.1) is 0 Å². The first-order valence-electron chi connectivity index (χ1n) is 42.6. The van der Waals surface area contributed by atoms with Crippen LogP contribution in [0.2, 0.25) is 0 Å². The number of rotatable bonds is 8. The second-order valence-corrected chi connectivity index (χ2v) is 31.5. The molecular weight excluding hydrogens is 1680 g/mol. The van der Waals surface area contributed by atoms with Gasteiger partial charge < -0.3 is 56.4 Å². The largest absolute Gasteiger partial charge is 0.508 e. The molecule has 0 atom stereocenters. The van der Waals surface area contributed by atoms with Crippen LogP contribution in [0.4, 0.5) is 0 Å². The van der Waals surface area contributed by atoms with Gasteiger partial charge in [-0.1, -0.05) is 267 Å². The molecule has 0 unspecified atom stereocenters. The summed E-state index contributed by atoms with van der Waals surface area (Å²) in [6.07, 6.45) is 8.91. The van der Waals surface area contributed by atoms with Crippen LogP contribution in [0.25, 0.3) is 197 Å². The zero-order chi connectivity index (χ0) is 92.0. The fraction of sp³-hybridized carbons (Fsp3) is 0.0172. The average Bonchev–Trinajstić information content (AvgIpc) is 0.893. The third-order valence-electron chi connectivity index (χ3n) is 23.5. The zero-order valence-electron chi connectivity index (χ0n) is 71.6. The molecule has 0 saturated heterocycles. The van der Waals surface area contributed by atoms with E-state index in [1.54, 1.807) is 81.1 Å². The Morgan fingerprint density at radius 1 is 0.194 bits per heavy atom. The molecule has 0 radical (unpaired) electrons. The number of phenols is 4. The molecule has 0 spiro atoms. The molecular formula is C116H76O18. The summed E-state index contributed by atoms with van der Waals surface area (Å²) >= 11 is 0. The molecule has 134 heavy (non-hydrogen) atoms. The molecule has 0 aliphatic carbocycles. The van der Waals surface area contributed by atoms with E-state index in [0.29, 0.717) is 116 Å². The van der Waals surface area contributed by atoms with Crippen LogP contribution < -0.4 is 42.0 Å². The molecule has 24 rings (SSSR count). The van der Waals surface area contributed by atoms with E-state index < -0.39 is 0 Å². The zero-order valence-corrected chi connectivity index (χ0v) is 71.6. The monoisotopic (exact) mass is 1760 g/mol. The quantitative estimate of drug-likeness (QED) is 0.0812. The van der Waals surface area contributed by atoms with Crippen LogP contribution >= 0.6 is 0 Å². The first-order chi connectivity index (χ1) is 65.5. The summed E-state index contributed by atoms with van der Waals surface area (Å²) in [5.41, 5.74) is 10.4. The van der Waals surface area contributed by atoms with Crippen molar-refractivity contribution < 1.29 is 56.4 Å². The highest BCUT2D eigenvalue weighted by Crippen LogP contribution is 2.37. The summed E-state index contributed by atoms with van der Waals surface area (Å²) in [6.45, 7) is 0. The number of fused-ring (bicyclic) bond motifs is 18. The molecule has 24 aromatic rings. The van der Waals surface area contributed by atoms with E-state index >= 15 is 0 Å². The van der Waals surface area contributed by atoms with E-state index in [9.17, 15) is 49.2 Å². The number of aromatic hydroxyl groups is 4. The van der Waals surface area contributed by atoms with E-state index in [1.165, 1.54) is 43.4 Å². The first kappa shape index (κ1) is 85.0. The lowest BCUT2D eigenvalue weighted by Gasteiger charge is -2.07. The molecule has 6 heterocycles. The molecule has 648 valence electrons. The minimum absolute atomic E-state index is 0.0132. The molecule has 0 aliphatic heterocycles. The van der Waals surface area contributed by atoms with Crippen molar-refractivity contribution in [1.82, 2.24) is 0 Å². The molecule has 18 heteroatoms. The minimum atomic E-state index is -0.278. The van der Waals surface area contributed by atoms with E-state index in [0.717, 1.165) is 92.6 Å². The molecule has 0 fully saturated rings. The lowest BCUT2D eigenvalue weighted by Crippen LogP contribution is -2.05. The van der Waals surface area contributed by atoms with Crippen molar-refractivity contribution in [2.75, 3.05) is 14.2 Å². The Bertz CT molecular complexity index is 9070. The molecule has 18 aromatic carbocycles. The van der Waals surface area contributed by atoms with Crippen LogP contribution in [0.1, 0.15) is 0 Å². The van der Waals surface area contributed by atoms with E-state index in [1.807, 2.05) is 291 Å². The smallest absolute Gasteiger partial charge is 0.201 e. The van der Waals surface area contributed by atoms with Gasteiger partial charge in [0.15, 0.2) is 11.5 Å². The predicted molar refractivity (Wildman–Crippen MR) is 532 cm³/mol. The Labute approximate surface area is 760 Å². The summed E-state index contributed by atoms with van der Waals surface area (Å²) in [5, 5.41) is 53.0. The van der Waals surface area contributed by atoms with Gasteiger partial charge in [-0.2, -0.15) is 0 Å². The molecule has 0 bridgehead atoms. The minimum Gasteiger partial charge on any atom is -0.508 e. The maximum atomic E-state index is 13.0. The number of phenolic OH excluding ortho intramolecular Hbond substituents is 4. The highest BCUT2D eigenvalue weighted by molar-refractivity contribution is 6.12. The van der Waals surface area contributed by atoms with Gasteiger partial charge in [-0.05, 0) is 195 Å². The summed E-state index contributed by atoms with van der Waals surface area (Å²) in [5.74, 6) is 1.24. The number of methoxy groups -OCH3 is 2. The van der Waals surface area contributed by atoms with Crippen molar-refractivity contribution in [3.8, 4) is 101 Å². The second kappa shape index (κ2) is 37.1. The number of hydrogen-bond donors (Lipinski definition) is 4. The number of hydrogen-bond acceptors (Lipinski definition) is 18. The lowest BCUT2D eigenvalue weighted by atomic mass is 10.0. The lowest BCUT2D eigenvalue weighted by molar-refractivity contribution is 0.404. The Kier molecular flexibility index (Phi) is 23.6. The topological polar surface area (TPSA) is 281 Å². The van der Waals surface area contributed by atoms with Crippen LogP contribution in [-0.4, -0.2) is 34.6 Å². The fourth-order valence-corrected chi connectivity index (χ4v) is 16.7. The highest BCUT2D eigenvalue weighted by Gasteiger charge is 2.21. The number of benzene rings is 18. The van der Waals surface area contributed by atoms with Gasteiger partial charge in [-0.3, -0.25) is 28.8 Å². The van der Waals surface area contributed by atoms with Gasteiger partial charge in [0.05, 0.1) is 79.9 Å². The molecule has 18 nitrogen and oxygen atoms in total. The van der Waals surface area contributed by atoms with Gasteiger partial charge in [-0.15, -0.1) is 0 Å². The van der Waals surface area contributed by atoms with Crippen LogP contribution in [0.3, 0.4) is 0 Å². The third kappa shape index (κ3) is 16.8. The Morgan fingerprint density at radius 2 is 0.448 bits per heavy atom. The van der Waals surface area contributed by atoms with E-state index in [2.05, 4.69) is 0 Å². The summed E-state index contributed by atoms with van der Waals surface area (Å²) in [6, 6.07) is 111. The van der Waals surface area contributed by atoms with Gasteiger partial charge >= 0.3 is 0 Å². The van der Waals surface area contributed by atoms with Gasteiger partial charge in [-0.25, -0.2) is 0 Å². The fourth-order valence-electron chi connectivity index (χ4n) is 16.7. The summed E-state index contributed by atoms with van der Waals surface area (Å²) in [4.78, 5) is 77.7. The first-order valence-corrected chi connectivity index (χ1v) is 42.6. The van der Waals surface area contributed by atoms with Gasteiger partial charge in [0.2, 0.25) is 32.6 Å². The van der Waals surface area contributed by atoms with E-state index in [4.69, 9.17) is 36.0 Å². The van der Waals surface area contributed by atoms with Crippen LogP contribution in [0.5, 0.6) is 34.5 Å².